The molecule has 5 rings (SSSR count). The Kier molecular flexibility index (Phi) is 8.31. The summed E-state index contributed by atoms with van der Waals surface area (Å²) in [5.41, 5.74) is 2.43. The van der Waals surface area contributed by atoms with Crippen molar-refractivity contribution >= 4 is 40.2 Å². The van der Waals surface area contributed by atoms with E-state index < -0.39 is 12.0 Å². The van der Waals surface area contributed by atoms with E-state index in [4.69, 9.17) is 4.74 Å². The van der Waals surface area contributed by atoms with E-state index in [0.29, 0.717) is 16.6 Å². The van der Waals surface area contributed by atoms with Crippen molar-refractivity contribution in [2.24, 2.45) is 0 Å². The lowest BCUT2D eigenvalue weighted by molar-refractivity contribution is -0.142. The standard InChI is InChI=1S/C29H31N5O4S/c1-38-29(37)21-15-13-20(14-16-21)27(28(36)30-22-8-3-2-4-9-22)33(18-23-10-7-17-39-23)26(35)19-34-25-12-6-5-11-24(25)31-32-34/h5-7,10-17,22,27H,2-4,8-9,18-19H2,1H3,(H,30,36)/t27-/m1/s1. The second-order valence-electron chi connectivity index (χ2n) is 9.70. The Balaban J connectivity index is 1.51. The van der Waals surface area contributed by atoms with Crippen molar-refractivity contribution in [1.29, 1.82) is 0 Å². The van der Waals surface area contributed by atoms with Crippen LogP contribution in [0.2, 0.25) is 0 Å². The number of hydrogen-bond donors (Lipinski definition) is 1. The van der Waals surface area contributed by atoms with Gasteiger partial charge < -0.3 is 15.0 Å². The van der Waals surface area contributed by atoms with Gasteiger partial charge in [0, 0.05) is 10.9 Å². The molecule has 2 aromatic heterocycles. The normalized spacial score (nSPS) is 14.6. The van der Waals surface area contributed by atoms with E-state index in [1.54, 1.807) is 33.8 Å². The molecule has 0 saturated heterocycles. The Morgan fingerprint density at radius 1 is 1.05 bits per heavy atom. The van der Waals surface area contributed by atoms with E-state index >= 15 is 0 Å². The quantitative estimate of drug-likeness (QED) is 0.311. The van der Waals surface area contributed by atoms with Gasteiger partial charge in [0.1, 0.15) is 18.1 Å². The van der Waals surface area contributed by atoms with Crippen molar-refractivity contribution in [3.63, 3.8) is 0 Å². The summed E-state index contributed by atoms with van der Waals surface area (Å²) in [6.07, 6.45) is 5.15. The number of esters is 1. The fraction of sp³-hybridized carbons (Fsp3) is 0.345. The molecule has 4 aromatic rings. The Hall–Kier alpha value is -4.05. The Morgan fingerprint density at radius 3 is 2.54 bits per heavy atom. The number of carbonyl (C=O) groups is 3. The summed E-state index contributed by atoms with van der Waals surface area (Å²) in [4.78, 5) is 42.6. The van der Waals surface area contributed by atoms with Crippen molar-refractivity contribution in [3.8, 4) is 0 Å². The van der Waals surface area contributed by atoms with E-state index in [-0.39, 0.29) is 30.9 Å². The Labute approximate surface area is 230 Å². The first kappa shape index (κ1) is 26.6. The highest BCUT2D eigenvalue weighted by Gasteiger charge is 2.34. The first-order valence-electron chi connectivity index (χ1n) is 13.1. The van der Waals surface area contributed by atoms with E-state index in [1.165, 1.54) is 24.9 Å². The molecule has 1 aliphatic rings. The van der Waals surface area contributed by atoms with Gasteiger partial charge in [-0.05, 0) is 54.1 Å². The highest BCUT2D eigenvalue weighted by Crippen LogP contribution is 2.28. The van der Waals surface area contributed by atoms with Gasteiger partial charge in [-0.1, -0.05) is 54.8 Å². The largest absolute Gasteiger partial charge is 0.465 e. The number of hydrogen-bond acceptors (Lipinski definition) is 7. The first-order valence-corrected chi connectivity index (χ1v) is 14.0. The van der Waals surface area contributed by atoms with Crippen LogP contribution < -0.4 is 5.32 Å². The van der Waals surface area contributed by atoms with Crippen molar-refractivity contribution in [2.75, 3.05) is 7.11 Å². The molecule has 1 saturated carbocycles. The zero-order valence-electron chi connectivity index (χ0n) is 21.8. The lowest BCUT2D eigenvalue weighted by atomic mass is 9.94. The summed E-state index contributed by atoms with van der Waals surface area (Å²) in [6, 6.07) is 17.2. The number of amides is 2. The third-order valence-corrected chi connectivity index (χ3v) is 7.95. The van der Waals surface area contributed by atoms with Crippen molar-refractivity contribution in [1.82, 2.24) is 25.2 Å². The number of para-hydroxylation sites is 1. The number of carbonyl (C=O) groups excluding carboxylic acids is 3. The predicted molar refractivity (Wildman–Crippen MR) is 148 cm³/mol. The van der Waals surface area contributed by atoms with Crippen molar-refractivity contribution in [3.05, 3.63) is 82.0 Å². The topological polar surface area (TPSA) is 106 Å². The average molecular weight is 546 g/mol. The van der Waals surface area contributed by atoms with E-state index in [0.717, 1.165) is 36.1 Å². The maximum Gasteiger partial charge on any atom is 0.337 e. The van der Waals surface area contributed by atoms with Gasteiger partial charge in [-0.25, -0.2) is 9.48 Å². The van der Waals surface area contributed by atoms with E-state index in [2.05, 4.69) is 15.6 Å². The highest BCUT2D eigenvalue weighted by molar-refractivity contribution is 7.09. The number of nitrogens with zero attached hydrogens (tertiary/aromatic N) is 4. The summed E-state index contributed by atoms with van der Waals surface area (Å²) < 4.78 is 6.40. The van der Waals surface area contributed by atoms with Crippen LogP contribution in [-0.4, -0.2) is 50.8 Å². The number of ether oxygens (including phenoxy) is 1. The van der Waals surface area contributed by atoms with Gasteiger partial charge in [0.15, 0.2) is 0 Å². The predicted octanol–water partition coefficient (Wildman–Crippen LogP) is 4.50. The van der Waals surface area contributed by atoms with Crippen LogP contribution in [0.3, 0.4) is 0 Å². The second kappa shape index (κ2) is 12.2. The smallest absolute Gasteiger partial charge is 0.337 e. The number of nitrogens with one attached hydrogen (secondary N) is 1. The fourth-order valence-corrected chi connectivity index (χ4v) is 5.77. The Morgan fingerprint density at radius 2 is 1.82 bits per heavy atom. The molecule has 2 aromatic carbocycles. The summed E-state index contributed by atoms with van der Waals surface area (Å²) >= 11 is 1.53. The van der Waals surface area contributed by atoms with Crippen molar-refractivity contribution in [2.45, 2.75) is 57.3 Å². The third kappa shape index (κ3) is 6.17. The summed E-state index contributed by atoms with van der Waals surface area (Å²) in [5.74, 6) is -0.963. The maximum atomic E-state index is 14.0. The lowest BCUT2D eigenvalue weighted by Crippen LogP contribution is -2.47. The lowest BCUT2D eigenvalue weighted by Gasteiger charge is -2.33. The summed E-state index contributed by atoms with van der Waals surface area (Å²) in [7, 11) is 1.33. The van der Waals surface area contributed by atoms with E-state index in [9.17, 15) is 14.4 Å². The van der Waals surface area contributed by atoms with Gasteiger partial charge >= 0.3 is 5.97 Å². The molecule has 1 atom stereocenters. The molecule has 1 fully saturated rings. The van der Waals surface area contributed by atoms with Crippen LogP contribution in [-0.2, 0) is 27.4 Å². The van der Waals surface area contributed by atoms with Crippen LogP contribution in [0.5, 0.6) is 0 Å². The number of fused-ring (bicyclic) bond motifs is 1. The number of thiophene rings is 1. The summed E-state index contributed by atoms with van der Waals surface area (Å²) in [5, 5.41) is 13.5. The molecule has 0 bridgehead atoms. The summed E-state index contributed by atoms with van der Waals surface area (Å²) in [6.45, 7) is 0.185. The Bertz CT molecular complexity index is 1430. The molecule has 0 aliphatic heterocycles. The van der Waals surface area contributed by atoms with Gasteiger partial charge in [-0.15, -0.1) is 16.4 Å². The number of rotatable bonds is 9. The van der Waals surface area contributed by atoms with Crippen LogP contribution in [0, 0.1) is 0 Å². The van der Waals surface area contributed by atoms with Crippen LogP contribution >= 0.6 is 11.3 Å². The molecule has 1 N–H and O–H groups in total. The molecule has 10 heteroatoms. The van der Waals surface area contributed by atoms with Gasteiger partial charge in [0.2, 0.25) is 11.8 Å². The van der Waals surface area contributed by atoms with Gasteiger partial charge in [0.05, 0.1) is 24.7 Å². The molecule has 2 heterocycles. The zero-order valence-corrected chi connectivity index (χ0v) is 22.6. The average Bonchev–Trinajstić information content (AvgIpc) is 3.63. The molecular weight excluding hydrogens is 514 g/mol. The third-order valence-electron chi connectivity index (χ3n) is 7.09. The highest BCUT2D eigenvalue weighted by atomic mass is 32.1. The maximum absolute atomic E-state index is 14.0. The van der Waals surface area contributed by atoms with Gasteiger partial charge in [0.25, 0.3) is 0 Å². The first-order chi connectivity index (χ1) is 19.0. The molecule has 1 aliphatic carbocycles. The molecule has 202 valence electrons. The van der Waals surface area contributed by atoms with Crippen molar-refractivity contribution < 1.29 is 19.1 Å². The fourth-order valence-electron chi connectivity index (χ4n) is 5.07. The molecule has 0 spiro atoms. The molecule has 39 heavy (non-hydrogen) atoms. The van der Waals surface area contributed by atoms with Crippen LogP contribution in [0.1, 0.15) is 58.9 Å². The van der Waals surface area contributed by atoms with Gasteiger partial charge in [-0.2, -0.15) is 0 Å². The molecular formula is C29H31N5O4S. The molecule has 0 unspecified atom stereocenters. The second-order valence-corrected chi connectivity index (χ2v) is 10.7. The molecule has 9 nitrogen and oxygen atoms in total. The number of benzene rings is 2. The monoisotopic (exact) mass is 545 g/mol. The molecule has 0 radical (unpaired) electrons. The number of methoxy groups -OCH3 is 1. The zero-order chi connectivity index (χ0) is 27.2. The van der Waals surface area contributed by atoms with E-state index in [1.807, 2.05) is 41.8 Å². The van der Waals surface area contributed by atoms with Crippen LogP contribution in [0.15, 0.2) is 66.0 Å². The van der Waals surface area contributed by atoms with Gasteiger partial charge in [-0.3, -0.25) is 9.59 Å². The van der Waals surface area contributed by atoms with Crippen LogP contribution in [0.4, 0.5) is 0 Å². The SMILES string of the molecule is COC(=O)c1ccc([C@H](C(=O)NC2CCCCC2)N(Cc2cccs2)C(=O)Cn2nnc3ccccc32)cc1. The van der Waals surface area contributed by atoms with Crippen LogP contribution in [0.25, 0.3) is 11.0 Å². The number of aromatic nitrogens is 3. The minimum Gasteiger partial charge on any atom is -0.465 e. The molecule has 2 amide bonds. The minimum atomic E-state index is -0.900. The minimum absolute atomic E-state index is 0.0701.